The summed E-state index contributed by atoms with van der Waals surface area (Å²) in [6.45, 7) is 0. The molecule has 0 unspecified atom stereocenters. The largest absolute Gasteiger partial charge is 0.239 e. The Bertz CT molecular complexity index is 1760. The monoisotopic (exact) mass is 368 g/mol. The molecule has 0 radical (unpaired) electrons. The zero-order chi connectivity index (χ0) is 18.9. The van der Waals surface area contributed by atoms with E-state index in [0.717, 1.165) is 5.52 Å². The zero-order valence-corrected chi connectivity index (χ0v) is 15.6. The van der Waals surface area contributed by atoms with Crippen molar-refractivity contribution in [1.82, 2.24) is 9.61 Å². The third kappa shape index (κ3) is 1.93. The fourth-order valence-corrected chi connectivity index (χ4v) is 4.85. The van der Waals surface area contributed by atoms with Crippen molar-refractivity contribution in [2.75, 3.05) is 0 Å². The quantitative estimate of drug-likeness (QED) is 0.261. The fraction of sp³-hybridized carbons (Fsp3) is 0. The van der Waals surface area contributed by atoms with Crippen LogP contribution in [-0.2, 0) is 0 Å². The first kappa shape index (κ1) is 15.1. The molecule has 0 aliphatic carbocycles. The molecule has 0 aliphatic rings. The van der Waals surface area contributed by atoms with E-state index in [9.17, 15) is 0 Å². The van der Waals surface area contributed by atoms with Crippen molar-refractivity contribution in [1.29, 1.82) is 0 Å². The van der Waals surface area contributed by atoms with Gasteiger partial charge in [0, 0.05) is 22.4 Å². The van der Waals surface area contributed by atoms with Crippen LogP contribution in [-0.4, -0.2) is 9.61 Å². The van der Waals surface area contributed by atoms with E-state index in [4.69, 9.17) is 5.10 Å². The molecule has 0 atom stereocenters. The standard InChI is InChI=1S/C27H16N2/c1-3-7-21-17(5-1)9-11-19-13-14-23-26(24(19)21)28-29-16-15-20-12-10-18-6-2-4-8-22(18)25(20)27(23)29/h1-16H. The van der Waals surface area contributed by atoms with Gasteiger partial charge in [0.15, 0.2) is 0 Å². The van der Waals surface area contributed by atoms with Gasteiger partial charge in [0.1, 0.15) is 5.52 Å². The molecule has 5 aromatic carbocycles. The van der Waals surface area contributed by atoms with Crippen molar-refractivity contribution in [2.45, 2.75) is 0 Å². The molecular formula is C27H16N2. The van der Waals surface area contributed by atoms with Crippen LogP contribution in [0.3, 0.4) is 0 Å². The number of aromatic nitrogens is 2. The third-order valence-corrected chi connectivity index (χ3v) is 6.17. The normalized spacial score (nSPS) is 12.1. The molecular weight excluding hydrogens is 352 g/mol. The summed E-state index contributed by atoms with van der Waals surface area (Å²) in [6.07, 6.45) is 2.09. The molecule has 29 heavy (non-hydrogen) atoms. The molecule has 0 fully saturated rings. The van der Waals surface area contributed by atoms with E-state index in [-0.39, 0.29) is 0 Å². The Morgan fingerprint density at radius 1 is 0.483 bits per heavy atom. The summed E-state index contributed by atoms with van der Waals surface area (Å²) in [4.78, 5) is 0. The lowest BCUT2D eigenvalue weighted by Crippen LogP contribution is -1.88. The van der Waals surface area contributed by atoms with Gasteiger partial charge < -0.3 is 0 Å². The highest BCUT2D eigenvalue weighted by Crippen LogP contribution is 2.37. The zero-order valence-electron chi connectivity index (χ0n) is 15.6. The van der Waals surface area contributed by atoms with E-state index in [1.165, 1.54) is 54.0 Å². The van der Waals surface area contributed by atoms with Crippen LogP contribution < -0.4 is 0 Å². The number of pyridine rings is 1. The predicted octanol–water partition coefficient (Wildman–Crippen LogP) is 7.10. The number of nitrogens with zero attached hydrogens (tertiary/aromatic N) is 2. The highest BCUT2D eigenvalue weighted by molar-refractivity contribution is 6.26. The minimum absolute atomic E-state index is 1.07. The van der Waals surface area contributed by atoms with Gasteiger partial charge in [0.05, 0.1) is 5.52 Å². The Kier molecular flexibility index (Phi) is 2.77. The van der Waals surface area contributed by atoms with Crippen molar-refractivity contribution < 1.29 is 0 Å². The minimum atomic E-state index is 1.07. The maximum absolute atomic E-state index is 5.07. The maximum Gasteiger partial charge on any atom is 0.102 e. The molecule has 134 valence electrons. The van der Waals surface area contributed by atoms with Crippen LogP contribution in [0.15, 0.2) is 97.2 Å². The predicted molar refractivity (Wildman–Crippen MR) is 123 cm³/mol. The summed E-state index contributed by atoms with van der Waals surface area (Å²) in [6, 6.07) is 32.6. The molecule has 7 aromatic rings. The Labute approximate surface area is 166 Å². The second-order valence-corrected chi connectivity index (χ2v) is 7.71. The van der Waals surface area contributed by atoms with Crippen LogP contribution in [0.4, 0.5) is 0 Å². The summed E-state index contributed by atoms with van der Waals surface area (Å²) in [5, 5.41) is 16.3. The third-order valence-electron chi connectivity index (χ3n) is 6.17. The summed E-state index contributed by atoms with van der Waals surface area (Å²) < 4.78 is 2.06. The van der Waals surface area contributed by atoms with E-state index >= 15 is 0 Å². The molecule has 2 heterocycles. The molecule has 2 aromatic heterocycles. The van der Waals surface area contributed by atoms with Crippen LogP contribution in [0.1, 0.15) is 0 Å². The van der Waals surface area contributed by atoms with Crippen LogP contribution >= 0.6 is 0 Å². The second-order valence-electron chi connectivity index (χ2n) is 7.71. The van der Waals surface area contributed by atoms with Gasteiger partial charge in [-0.05, 0) is 44.5 Å². The number of benzene rings is 5. The van der Waals surface area contributed by atoms with Crippen molar-refractivity contribution in [3.05, 3.63) is 97.2 Å². The van der Waals surface area contributed by atoms with Crippen LogP contribution in [0, 0.1) is 0 Å². The molecule has 2 nitrogen and oxygen atoms in total. The van der Waals surface area contributed by atoms with Gasteiger partial charge in [-0.25, -0.2) is 4.52 Å². The highest BCUT2D eigenvalue weighted by atomic mass is 15.2. The van der Waals surface area contributed by atoms with Gasteiger partial charge in [0.2, 0.25) is 0 Å². The van der Waals surface area contributed by atoms with Gasteiger partial charge in [-0.1, -0.05) is 78.9 Å². The lowest BCUT2D eigenvalue weighted by Gasteiger charge is -2.06. The van der Waals surface area contributed by atoms with Crippen molar-refractivity contribution in [2.24, 2.45) is 0 Å². The molecule has 0 saturated carbocycles. The van der Waals surface area contributed by atoms with Crippen LogP contribution in [0.5, 0.6) is 0 Å². The molecule has 0 amide bonds. The van der Waals surface area contributed by atoms with Crippen LogP contribution in [0.25, 0.3) is 59.5 Å². The Morgan fingerprint density at radius 3 is 1.83 bits per heavy atom. The lowest BCUT2D eigenvalue weighted by molar-refractivity contribution is 0.990. The molecule has 0 saturated heterocycles. The Morgan fingerprint density at radius 2 is 1.07 bits per heavy atom. The van der Waals surface area contributed by atoms with Crippen molar-refractivity contribution in [3.63, 3.8) is 0 Å². The fourth-order valence-electron chi connectivity index (χ4n) is 4.85. The van der Waals surface area contributed by atoms with Crippen LogP contribution in [0.2, 0.25) is 0 Å². The maximum atomic E-state index is 5.07. The van der Waals surface area contributed by atoms with E-state index in [0.29, 0.717) is 0 Å². The topological polar surface area (TPSA) is 17.3 Å². The number of fused-ring (bicyclic) bond motifs is 11. The van der Waals surface area contributed by atoms with Crippen molar-refractivity contribution >= 4 is 59.5 Å². The average Bonchev–Trinajstić information content (AvgIpc) is 3.17. The minimum Gasteiger partial charge on any atom is -0.239 e. The first-order valence-corrected chi connectivity index (χ1v) is 9.91. The van der Waals surface area contributed by atoms with Gasteiger partial charge in [-0.2, -0.15) is 5.10 Å². The van der Waals surface area contributed by atoms with E-state index in [2.05, 4.69) is 102 Å². The second kappa shape index (κ2) is 5.33. The van der Waals surface area contributed by atoms with Gasteiger partial charge in [-0.15, -0.1) is 0 Å². The van der Waals surface area contributed by atoms with E-state index < -0.39 is 0 Å². The van der Waals surface area contributed by atoms with Gasteiger partial charge in [-0.3, -0.25) is 0 Å². The smallest absolute Gasteiger partial charge is 0.102 e. The molecule has 2 heteroatoms. The summed E-state index contributed by atoms with van der Waals surface area (Å²) in [7, 11) is 0. The van der Waals surface area contributed by atoms with E-state index in [1.807, 2.05) is 0 Å². The Balaban J connectivity index is 1.80. The summed E-state index contributed by atoms with van der Waals surface area (Å²) in [5.74, 6) is 0. The molecule has 7 rings (SSSR count). The first-order valence-electron chi connectivity index (χ1n) is 9.91. The summed E-state index contributed by atoms with van der Waals surface area (Å²) in [5.41, 5.74) is 2.25. The number of rotatable bonds is 0. The van der Waals surface area contributed by atoms with Gasteiger partial charge in [0.25, 0.3) is 0 Å². The van der Waals surface area contributed by atoms with Gasteiger partial charge >= 0.3 is 0 Å². The molecule has 0 bridgehead atoms. The highest BCUT2D eigenvalue weighted by Gasteiger charge is 2.14. The molecule has 0 aliphatic heterocycles. The summed E-state index contributed by atoms with van der Waals surface area (Å²) >= 11 is 0. The average molecular weight is 368 g/mol. The number of hydrogen-bond donors (Lipinski definition) is 0. The van der Waals surface area contributed by atoms with E-state index in [1.54, 1.807) is 0 Å². The number of hydrogen-bond acceptors (Lipinski definition) is 1. The first-order chi connectivity index (χ1) is 14.4. The van der Waals surface area contributed by atoms with Crippen molar-refractivity contribution in [3.8, 4) is 0 Å². The Hall–Kier alpha value is -3.91. The molecule has 0 N–H and O–H groups in total. The molecule has 0 spiro atoms. The SMILES string of the molecule is c1ccc2c(c1)ccc1ccc3c(nn4ccc5ccc6ccccc6c5c34)c12. The lowest BCUT2D eigenvalue weighted by atomic mass is 9.97.